The number of piperazine rings is 2. The molecule has 0 unspecified atom stereocenters. The van der Waals surface area contributed by atoms with Crippen molar-refractivity contribution < 1.29 is 19.1 Å². The van der Waals surface area contributed by atoms with Gasteiger partial charge < -0.3 is 19.9 Å². The summed E-state index contributed by atoms with van der Waals surface area (Å²) >= 11 is 0. The van der Waals surface area contributed by atoms with Crippen LogP contribution in [0.25, 0.3) is 0 Å². The maximum Gasteiger partial charge on any atom is 0.253 e. The van der Waals surface area contributed by atoms with E-state index in [-0.39, 0.29) is 24.3 Å². The Morgan fingerprint density at radius 1 is 1.07 bits per heavy atom. The molecule has 2 atom stereocenters. The molecule has 0 saturated carbocycles. The highest BCUT2D eigenvalue weighted by molar-refractivity contribution is 5.99. The molecule has 2 aliphatic rings. The van der Waals surface area contributed by atoms with E-state index < -0.39 is 12.1 Å². The minimum absolute atomic E-state index is 0.0998. The SMILES string of the molecule is COc1ccc(C[C@H]2NC(=O)[C@H]3CN(C(=O)c4ccccc4)CCN3C2=O)cc1. The number of rotatable bonds is 4. The predicted molar refractivity (Wildman–Crippen MR) is 106 cm³/mol. The van der Waals surface area contributed by atoms with Gasteiger partial charge in [-0.15, -0.1) is 0 Å². The highest BCUT2D eigenvalue weighted by Crippen LogP contribution is 2.20. The molecule has 29 heavy (non-hydrogen) atoms. The van der Waals surface area contributed by atoms with E-state index in [1.54, 1.807) is 29.0 Å². The number of ether oxygens (including phenoxy) is 1. The average Bonchev–Trinajstić information content (AvgIpc) is 2.77. The molecule has 3 amide bonds. The van der Waals surface area contributed by atoms with E-state index in [0.29, 0.717) is 25.1 Å². The summed E-state index contributed by atoms with van der Waals surface area (Å²) in [5.74, 6) is 0.309. The molecule has 2 aliphatic heterocycles. The number of nitrogens with one attached hydrogen (secondary N) is 1. The third kappa shape index (κ3) is 3.81. The quantitative estimate of drug-likeness (QED) is 0.844. The van der Waals surface area contributed by atoms with Gasteiger partial charge in [-0.2, -0.15) is 0 Å². The monoisotopic (exact) mass is 393 g/mol. The Kier molecular flexibility index (Phi) is 5.20. The van der Waals surface area contributed by atoms with E-state index in [9.17, 15) is 14.4 Å². The molecule has 0 bridgehead atoms. The first kappa shape index (κ1) is 19.0. The molecule has 150 valence electrons. The van der Waals surface area contributed by atoms with Gasteiger partial charge in [0.1, 0.15) is 17.8 Å². The van der Waals surface area contributed by atoms with Crippen molar-refractivity contribution in [3.05, 3.63) is 65.7 Å². The number of hydrogen-bond donors (Lipinski definition) is 1. The van der Waals surface area contributed by atoms with Crippen LogP contribution in [0.2, 0.25) is 0 Å². The van der Waals surface area contributed by atoms with Crippen molar-refractivity contribution >= 4 is 17.7 Å². The van der Waals surface area contributed by atoms with Crippen molar-refractivity contribution in [2.75, 3.05) is 26.7 Å². The molecule has 2 fully saturated rings. The molecule has 4 rings (SSSR count). The topological polar surface area (TPSA) is 79.0 Å². The lowest BCUT2D eigenvalue weighted by atomic mass is 9.98. The molecule has 2 heterocycles. The number of methoxy groups -OCH3 is 1. The second-order valence-electron chi connectivity index (χ2n) is 7.28. The Bertz CT molecular complexity index is 913. The van der Waals surface area contributed by atoms with E-state index in [1.807, 2.05) is 42.5 Å². The number of benzene rings is 2. The second-order valence-corrected chi connectivity index (χ2v) is 7.28. The summed E-state index contributed by atoms with van der Waals surface area (Å²) < 4.78 is 5.15. The summed E-state index contributed by atoms with van der Waals surface area (Å²) in [5, 5.41) is 2.84. The zero-order valence-electron chi connectivity index (χ0n) is 16.2. The highest BCUT2D eigenvalue weighted by atomic mass is 16.5. The zero-order valence-corrected chi connectivity index (χ0v) is 16.2. The summed E-state index contributed by atoms with van der Waals surface area (Å²) in [6.45, 7) is 0.980. The molecule has 0 aromatic heterocycles. The molecule has 0 aliphatic carbocycles. The lowest BCUT2D eigenvalue weighted by Crippen LogP contribution is -2.70. The first-order valence-electron chi connectivity index (χ1n) is 9.65. The van der Waals surface area contributed by atoms with Gasteiger partial charge in [-0.1, -0.05) is 30.3 Å². The Labute approximate surface area is 169 Å². The van der Waals surface area contributed by atoms with E-state index in [0.717, 1.165) is 11.3 Å². The molecule has 1 N–H and O–H groups in total. The zero-order chi connectivity index (χ0) is 20.4. The molecule has 0 radical (unpaired) electrons. The summed E-state index contributed by atoms with van der Waals surface area (Å²) in [6.07, 6.45) is 0.421. The van der Waals surface area contributed by atoms with Gasteiger partial charge in [0.05, 0.1) is 13.7 Å². The van der Waals surface area contributed by atoms with E-state index in [4.69, 9.17) is 4.74 Å². The summed E-state index contributed by atoms with van der Waals surface area (Å²) in [4.78, 5) is 41.6. The van der Waals surface area contributed by atoms with Crippen LogP contribution in [0.3, 0.4) is 0 Å². The van der Waals surface area contributed by atoms with Crippen molar-refractivity contribution in [2.24, 2.45) is 0 Å². The molecule has 2 aromatic carbocycles. The van der Waals surface area contributed by atoms with Crippen LogP contribution < -0.4 is 10.1 Å². The van der Waals surface area contributed by atoms with Crippen LogP contribution in [0, 0.1) is 0 Å². The van der Waals surface area contributed by atoms with Crippen LogP contribution in [0.15, 0.2) is 54.6 Å². The minimum atomic E-state index is -0.643. The van der Waals surface area contributed by atoms with Crippen LogP contribution in [0.1, 0.15) is 15.9 Å². The number of hydrogen-bond acceptors (Lipinski definition) is 4. The fourth-order valence-corrected chi connectivity index (χ4v) is 3.88. The van der Waals surface area contributed by atoms with Crippen molar-refractivity contribution in [1.82, 2.24) is 15.1 Å². The summed E-state index contributed by atoms with van der Waals surface area (Å²) in [7, 11) is 1.60. The van der Waals surface area contributed by atoms with Crippen LogP contribution in [-0.2, 0) is 16.0 Å². The largest absolute Gasteiger partial charge is 0.497 e. The van der Waals surface area contributed by atoms with Gasteiger partial charge >= 0.3 is 0 Å². The average molecular weight is 393 g/mol. The van der Waals surface area contributed by atoms with Crippen molar-refractivity contribution in [3.8, 4) is 5.75 Å². The van der Waals surface area contributed by atoms with Crippen molar-refractivity contribution in [3.63, 3.8) is 0 Å². The first-order chi connectivity index (χ1) is 14.1. The number of amides is 3. The Morgan fingerprint density at radius 2 is 1.79 bits per heavy atom. The van der Waals surface area contributed by atoms with Gasteiger partial charge in [0.15, 0.2) is 0 Å². The number of nitrogens with zero attached hydrogens (tertiary/aromatic N) is 2. The Hall–Kier alpha value is -3.35. The van der Waals surface area contributed by atoms with Crippen LogP contribution in [0.5, 0.6) is 5.75 Å². The number of carbonyl (C=O) groups is 3. The standard InChI is InChI=1S/C22H23N3O4/c1-29-17-9-7-15(8-10-17)13-18-22(28)25-12-11-24(14-19(25)20(26)23-18)21(27)16-5-3-2-4-6-16/h2-10,18-19H,11-14H2,1H3,(H,23,26)/t18-,19-/m1/s1. The predicted octanol–water partition coefficient (Wildman–Crippen LogP) is 1.09. The molecule has 7 heteroatoms. The molecular formula is C22H23N3O4. The molecule has 2 saturated heterocycles. The van der Waals surface area contributed by atoms with Gasteiger partial charge in [-0.05, 0) is 29.8 Å². The maximum absolute atomic E-state index is 13.0. The van der Waals surface area contributed by atoms with Gasteiger partial charge in [-0.25, -0.2) is 0 Å². The summed E-state index contributed by atoms with van der Waals surface area (Å²) in [5.41, 5.74) is 1.53. The normalized spacial score (nSPS) is 21.4. The van der Waals surface area contributed by atoms with Gasteiger partial charge in [0.2, 0.25) is 11.8 Å². The fourth-order valence-electron chi connectivity index (χ4n) is 3.88. The van der Waals surface area contributed by atoms with E-state index >= 15 is 0 Å². The number of carbonyl (C=O) groups excluding carboxylic acids is 3. The van der Waals surface area contributed by atoms with Gasteiger partial charge in [0, 0.05) is 25.1 Å². The third-order valence-electron chi connectivity index (χ3n) is 5.49. The second kappa shape index (κ2) is 7.95. The lowest BCUT2D eigenvalue weighted by Gasteiger charge is -2.45. The van der Waals surface area contributed by atoms with Gasteiger partial charge in [-0.3, -0.25) is 14.4 Å². The van der Waals surface area contributed by atoms with Crippen molar-refractivity contribution in [1.29, 1.82) is 0 Å². The smallest absolute Gasteiger partial charge is 0.253 e. The van der Waals surface area contributed by atoms with Gasteiger partial charge in [0.25, 0.3) is 5.91 Å². The van der Waals surface area contributed by atoms with E-state index in [1.165, 1.54) is 0 Å². The summed E-state index contributed by atoms with van der Waals surface area (Å²) in [6, 6.07) is 15.2. The lowest BCUT2D eigenvalue weighted by molar-refractivity contribution is -0.152. The Morgan fingerprint density at radius 3 is 2.48 bits per heavy atom. The third-order valence-corrected chi connectivity index (χ3v) is 5.49. The fraction of sp³-hybridized carbons (Fsp3) is 0.318. The first-order valence-corrected chi connectivity index (χ1v) is 9.65. The number of fused-ring (bicyclic) bond motifs is 1. The molecular weight excluding hydrogens is 370 g/mol. The highest BCUT2D eigenvalue weighted by Gasteiger charge is 2.44. The molecule has 7 nitrogen and oxygen atoms in total. The van der Waals surface area contributed by atoms with Crippen LogP contribution >= 0.6 is 0 Å². The maximum atomic E-state index is 13.0. The van der Waals surface area contributed by atoms with E-state index in [2.05, 4.69) is 5.32 Å². The molecule has 0 spiro atoms. The molecule has 2 aromatic rings. The van der Waals surface area contributed by atoms with Crippen LogP contribution in [-0.4, -0.2) is 66.3 Å². The Balaban J connectivity index is 1.44. The van der Waals surface area contributed by atoms with Crippen LogP contribution in [0.4, 0.5) is 0 Å². The van der Waals surface area contributed by atoms with Crippen molar-refractivity contribution in [2.45, 2.75) is 18.5 Å². The minimum Gasteiger partial charge on any atom is -0.497 e.